The van der Waals surface area contributed by atoms with Crippen LogP contribution in [0.1, 0.15) is 66.4 Å². The van der Waals surface area contributed by atoms with Crippen molar-refractivity contribution in [3.63, 3.8) is 0 Å². The van der Waals surface area contributed by atoms with Gasteiger partial charge in [-0.1, -0.05) is 53.7 Å². The highest BCUT2D eigenvalue weighted by Gasteiger charge is 2.63. The molecule has 1 spiro atoms. The minimum absolute atomic E-state index is 0.0899. The smallest absolute Gasteiger partial charge is 0.250 e. The summed E-state index contributed by atoms with van der Waals surface area (Å²) in [6, 6.07) is 1.94. The third kappa shape index (κ3) is 4.15. The number of hydrogen-bond donors (Lipinski definition) is 0. The zero-order chi connectivity index (χ0) is 25.9. The third-order valence-corrected chi connectivity index (χ3v) is 13.6. The van der Waals surface area contributed by atoms with E-state index in [2.05, 4.69) is 67.3 Å². The molecular weight excluding hydrogens is 456 g/mol. The maximum absolute atomic E-state index is 7.12. The van der Waals surface area contributed by atoms with Gasteiger partial charge in [0.05, 0.1) is 37.9 Å². The van der Waals surface area contributed by atoms with Gasteiger partial charge in [-0.15, -0.1) is 0 Å². The van der Waals surface area contributed by atoms with Gasteiger partial charge < -0.3 is 23.1 Å². The molecule has 0 amide bonds. The maximum atomic E-state index is 7.12. The van der Waals surface area contributed by atoms with E-state index >= 15 is 0 Å². The number of furan rings is 1. The van der Waals surface area contributed by atoms with Crippen molar-refractivity contribution in [1.82, 2.24) is 0 Å². The van der Waals surface area contributed by atoms with Crippen molar-refractivity contribution in [1.29, 1.82) is 0 Å². The van der Waals surface area contributed by atoms with Gasteiger partial charge in [0.1, 0.15) is 12.0 Å². The quantitative estimate of drug-likeness (QED) is 0.236. The summed E-state index contributed by atoms with van der Waals surface area (Å²) < 4.78 is 31.1. The molecule has 1 saturated carbocycles. The van der Waals surface area contributed by atoms with Gasteiger partial charge in [0.2, 0.25) is 8.32 Å². The highest BCUT2D eigenvalue weighted by Crippen LogP contribution is 2.65. The van der Waals surface area contributed by atoms with Gasteiger partial charge in [0.25, 0.3) is 0 Å². The van der Waals surface area contributed by atoms with Crippen LogP contribution >= 0.6 is 0 Å². The summed E-state index contributed by atoms with van der Waals surface area (Å²) in [5, 5.41) is 0.0937. The van der Waals surface area contributed by atoms with Crippen LogP contribution in [0.4, 0.5) is 0 Å². The fourth-order valence-electron chi connectivity index (χ4n) is 6.25. The molecule has 0 aromatic carbocycles. The molecule has 1 aromatic rings. The number of fused-ring (bicyclic) bond motifs is 1. The van der Waals surface area contributed by atoms with Crippen LogP contribution in [0.15, 0.2) is 52.6 Å². The summed E-state index contributed by atoms with van der Waals surface area (Å²) in [7, 11) is -0.365. The third-order valence-electron chi connectivity index (χ3n) is 9.20. The van der Waals surface area contributed by atoms with Crippen molar-refractivity contribution < 1.29 is 23.1 Å². The first-order chi connectivity index (χ1) is 16.2. The molecule has 6 heteroatoms. The lowest BCUT2D eigenvalue weighted by Gasteiger charge is -2.59. The second kappa shape index (κ2) is 8.67. The normalized spacial score (nSPS) is 28.9. The van der Waals surface area contributed by atoms with Gasteiger partial charge in [0, 0.05) is 29.6 Å². The minimum atomic E-state index is -2.08. The molecule has 2 fully saturated rings. The Morgan fingerprint density at radius 3 is 2.34 bits per heavy atom. The molecule has 0 N–H and O–H groups in total. The fraction of sp³-hybridized carbons (Fsp3) is 0.655. The fourth-order valence-corrected chi connectivity index (χ4v) is 7.34. The van der Waals surface area contributed by atoms with Gasteiger partial charge >= 0.3 is 0 Å². The molecular formula is C29H44O5Si. The van der Waals surface area contributed by atoms with E-state index in [-0.39, 0.29) is 21.8 Å². The molecule has 0 radical (unpaired) electrons. The van der Waals surface area contributed by atoms with Crippen molar-refractivity contribution in [2.75, 3.05) is 20.3 Å². The van der Waals surface area contributed by atoms with E-state index in [0.29, 0.717) is 19.6 Å². The molecule has 0 unspecified atom stereocenters. The molecule has 5 nitrogen and oxygen atoms in total. The Labute approximate surface area is 212 Å². The number of methoxy groups -OCH3 is 1. The predicted octanol–water partition coefficient (Wildman–Crippen LogP) is 7.69. The van der Waals surface area contributed by atoms with Crippen LogP contribution in [0.2, 0.25) is 18.1 Å². The Bertz CT molecular complexity index is 1020. The Balaban J connectivity index is 1.89. The molecule has 4 rings (SSSR count). The van der Waals surface area contributed by atoms with Crippen molar-refractivity contribution in [2.45, 2.75) is 84.7 Å². The average Bonchev–Trinajstić information content (AvgIpc) is 3.43. The van der Waals surface area contributed by atoms with Crippen LogP contribution in [0, 0.1) is 16.7 Å². The van der Waals surface area contributed by atoms with Gasteiger partial charge in [-0.05, 0) is 42.3 Å². The summed E-state index contributed by atoms with van der Waals surface area (Å²) in [5.41, 5.74) is 2.85. The zero-order valence-electron chi connectivity index (χ0n) is 23.2. The topological polar surface area (TPSA) is 50.1 Å². The first kappa shape index (κ1) is 26.3. The largest absolute Gasteiger partial charge is 0.546 e. The number of ether oxygens (including phenoxy) is 3. The van der Waals surface area contributed by atoms with Crippen LogP contribution in [-0.2, 0) is 18.6 Å². The van der Waals surface area contributed by atoms with E-state index < -0.39 is 14.1 Å². The average molecular weight is 501 g/mol. The molecule has 2 heterocycles. The molecule has 3 aliphatic rings. The van der Waals surface area contributed by atoms with E-state index in [1.165, 1.54) is 5.57 Å². The number of allylic oxidation sites excluding steroid dienone is 2. The summed E-state index contributed by atoms with van der Waals surface area (Å²) in [6.07, 6.45) is 8.10. The Morgan fingerprint density at radius 1 is 1.14 bits per heavy atom. The van der Waals surface area contributed by atoms with Crippen molar-refractivity contribution >= 4 is 14.1 Å². The van der Waals surface area contributed by atoms with Crippen molar-refractivity contribution in [2.24, 2.45) is 16.7 Å². The maximum Gasteiger partial charge on any atom is 0.250 e. The standard InChI is InChI=1S/C29H44O5Si/c1-20-17-24(34-35(9,10)26(2,3)4)25-27(5,6)29(32-15-16-33-29)13-12-28(25,7)22(20)18-23(30-8)21-11-14-31-19-21/h11,14,18-19,22H,1,12-13,15-17H2,2-10H3/b23-18+/t22-,28+/m0/s1. The first-order valence-electron chi connectivity index (χ1n) is 12.9. The highest BCUT2D eigenvalue weighted by molar-refractivity contribution is 6.74. The predicted molar refractivity (Wildman–Crippen MR) is 142 cm³/mol. The monoisotopic (exact) mass is 500 g/mol. The summed E-state index contributed by atoms with van der Waals surface area (Å²) in [5.74, 6) is 1.36. The lowest BCUT2D eigenvalue weighted by Crippen LogP contribution is -2.58. The van der Waals surface area contributed by atoms with Crippen LogP contribution in [-0.4, -0.2) is 34.4 Å². The Kier molecular flexibility index (Phi) is 6.52. The minimum Gasteiger partial charge on any atom is -0.546 e. The molecule has 0 bridgehead atoms. The lowest BCUT2D eigenvalue weighted by molar-refractivity contribution is -0.242. The van der Waals surface area contributed by atoms with Crippen LogP contribution in [0.3, 0.4) is 0 Å². The van der Waals surface area contributed by atoms with E-state index in [1.54, 1.807) is 19.6 Å². The molecule has 1 saturated heterocycles. The van der Waals surface area contributed by atoms with Gasteiger partial charge in [-0.25, -0.2) is 0 Å². The molecule has 35 heavy (non-hydrogen) atoms. The van der Waals surface area contributed by atoms with Crippen LogP contribution < -0.4 is 0 Å². The van der Waals surface area contributed by atoms with Gasteiger partial charge in [0.15, 0.2) is 5.79 Å². The van der Waals surface area contributed by atoms with Crippen molar-refractivity contribution in [3.05, 3.63) is 53.7 Å². The van der Waals surface area contributed by atoms with E-state index in [0.717, 1.165) is 35.5 Å². The molecule has 2 aliphatic carbocycles. The second-order valence-electron chi connectivity index (χ2n) is 12.7. The number of hydrogen-bond acceptors (Lipinski definition) is 5. The van der Waals surface area contributed by atoms with Crippen LogP contribution in [0.5, 0.6) is 0 Å². The molecule has 194 valence electrons. The van der Waals surface area contributed by atoms with E-state index in [9.17, 15) is 0 Å². The molecule has 1 aliphatic heterocycles. The number of rotatable bonds is 5. The Morgan fingerprint density at radius 2 is 1.80 bits per heavy atom. The molecule has 1 aromatic heterocycles. The lowest BCUT2D eigenvalue weighted by atomic mass is 9.50. The Hall–Kier alpha value is -1.76. The van der Waals surface area contributed by atoms with Gasteiger partial charge in [-0.2, -0.15) is 0 Å². The summed E-state index contributed by atoms with van der Waals surface area (Å²) in [4.78, 5) is 0. The second-order valence-corrected chi connectivity index (χ2v) is 17.4. The van der Waals surface area contributed by atoms with E-state index in [1.807, 2.05) is 6.07 Å². The van der Waals surface area contributed by atoms with E-state index in [4.69, 9.17) is 23.1 Å². The first-order valence-corrected chi connectivity index (χ1v) is 15.8. The summed E-state index contributed by atoms with van der Waals surface area (Å²) >= 11 is 0. The van der Waals surface area contributed by atoms with Gasteiger partial charge in [-0.3, -0.25) is 0 Å². The zero-order valence-corrected chi connectivity index (χ0v) is 24.2. The summed E-state index contributed by atoms with van der Waals surface area (Å²) in [6.45, 7) is 24.3. The van der Waals surface area contributed by atoms with Crippen LogP contribution in [0.25, 0.3) is 5.76 Å². The molecule has 2 atom stereocenters. The SMILES string of the molecule is C=C1CC(O[Si](C)(C)C(C)(C)C)=C2C(C)(C)C3(CC[C@]2(C)[C@H]1/C=C(/OC)c1ccoc1)OCCO3. The van der Waals surface area contributed by atoms with Crippen molar-refractivity contribution in [3.8, 4) is 0 Å². The highest BCUT2D eigenvalue weighted by atomic mass is 28.4.